The van der Waals surface area contributed by atoms with E-state index in [0.29, 0.717) is 48.1 Å². The molecule has 11 atom stereocenters. The highest BCUT2D eigenvalue weighted by molar-refractivity contribution is 5.90. The molecule has 3 aromatic rings. The fourth-order valence-corrected chi connectivity index (χ4v) is 8.96. The van der Waals surface area contributed by atoms with Gasteiger partial charge in [0.2, 0.25) is 12.0 Å². The number of nitrogens with one attached hydrogen (secondary N) is 1. The van der Waals surface area contributed by atoms with E-state index in [1.807, 2.05) is 48.7 Å². The summed E-state index contributed by atoms with van der Waals surface area (Å²) in [5.74, 6) is 4.74. The molecule has 6 aliphatic rings. The summed E-state index contributed by atoms with van der Waals surface area (Å²) in [5.41, 5.74) is 16.9. The van der Waals surface area contributed by atoms with Gasteiger partial charge in [-0.2, -0.15) is 0 Å². The van der Waals surface area contributed by atoms with Gasteiger partial charge in [-0.1, -0.05) is 48.2 Å². The number of hydrogen-bond donors (Lipinski definition) is 8. The fourth-order valence-electron chi connectivity index (χ4n) is 8.96. The van der Waals surface area contributed by atoms with Crippen molar-refractivity contribution in [3.8, 4) is 40.6 Å². The molecule has 0 aliphatic carbocycles. The SMILES string of the molecule is NC(N)C(OC(=O)CC(=O)O)C1OC(Oc2cc(C[NH+]3C=C4N=CC=C4C3)c3c(c2)OC2C(c4ccccc4)C#CCCOc4c(OCO)ccc5c4OC3C52)C(O)C(O)C1O. The van der Waals surface area contributed by atoms with Crippen LogP contribution < -0.4 is 40.1 Å². The number of aliphatic carboxylic acids is 1. The molecular formula is C44H45N4O14+. The van der Waals surface area contributed by atoms with Crippen LogP contribution in [-0.4, -0.2) is 113 Å². The number of carboxylic acid groups (broad SMARTS) is 1. The second kappa shape index (κ2) is 17.0. The van der Waals surface area contributed by atoms with Gasteiger partial charge in [0, 0.05) is 41.0 Å². The van der Waals surface area contributed by atoms with Crippen molar-refractivity contribution in [3.05, 3.63) is 100 Å². The van der Waals surface area contributed by atoms with Gasteiger partial charge in [0.15, 0.2) is 24.4 Å². The quantitative estimate of drug-likeness (QED) is 0.0500. The van der Waals surface area contributed by atoms with Crippen molar-refractivity contribution < 1.29 is 73.2 Å². The maximum absolute atomic E-state index is 12.4. The number of carbonyl (C=O) groups excluding carboxylic acids is 1. The number of esters is 1. The normalized spacial score (nSPS) is 29.2. The Balaban J connectivity index is 1.14. The first-order valence-corrected chi connectivity index (χ1v) is 20.1. The number of hydrogen-bond acceptors (Lipinski definition) is 16. The Hall–Kier alpha value is -6.01. The van der Waals surface area contributed by atoms with E-state index in [2.05, 4.69) is 16.8 Å². The minimum atomic E-state index is -1.91. The Morgan fingerprint density at radius 3 is 2.60 bits per heavy atom. The number of quaternary nitrogens is 1. The topological polar surface area (TPSA) is 269 Å². The number of aliphatic hydroxyl groups is 4. The van der Waals surface area contributed by atoms with Crippen molar-refractivity contribution in [1.29, 1.82) is 0 Å². The molecule has 324 valence electrons. The van der Waals surface area contributed by atoms with Gasteiger partial charge < -0.3 is 70.2 Å². The van der Waals surface area contributed by atoms with Gasteiger partial charge in [-0.25, -0.2) is 0 Å². The fraction of sp³-hybridized carbons (Fsp3) is 0.386. The molecule has 62 heavy (non-hydrogen) atoms. The van der Waals surface area contributed by atoms with Gasteiger partial charge in [0.1, 0.15) is 79.5 Å². The molecule has 0 saturated carbocycles. The minimum absolute atomic E-state index is 0.129. The van der Waals surface area contributed by atoms with Gasteiger partial charge >= 0.3 is 11.9 Å². The summed E-state index contributed by atoms with van der Waals surface area (Å²) >= 11 is 0. The number of nitrogens with two attached hydrogens (primary N) is 2. The van der Waals surface area contributed by atoms with Gasteiger partial charge in [0.05, 0.1) is 24.6 Å². The van der Waals surface area contributed by atoms with Crippen LogP contribution in [0.3, 0.4) is 0 Å². The van der Waals surface area contributed by atoms with Crippen LogP contribution in [0.4, 0.5) is 0 Å². The molecule has 4 bridgehead atoms. The number of carbonyl (C=O) groups is 2. The maximum atomic E-state index is 12.4. The number of aliphatic hydroxyl groups excluding tert-OH is 4. The lowest BCUT2D eigenvalue weighted by Crippen LogP contribution is -3.04. The highest BCUT2D eigenvalue weighted by Crippen LogP contribution is 2.60. The van der Waals surface area contributed by atoms with E-state index in [0.717, 1.165) is 32.9 Å². The summed E-state index contributed by atoms with van der Waals surface area (Å²) in [6.45, 7) is 0.671. The first kappa shape index (κ1) is 41.3. The van der Waals surface area contributed by atoms with Crippen LogP contribution in [0.25, 0.3) is 0 Å². The molecule has 0 radical (unpaired) electrons. The van der Waals surface area contributed by atoms with Gasteiger partial charge in [0.25, 0.3) is 0 Å². The molecule has 18 nitrogen and oxygen atoms in total. The molecule has 11 unspecified atom stereocenters. The number of ether oxygens (including phenoxy) is 7. The van der Waals surface area contributed by atoms with Crippen LogP contribution in [0.1, 0.15) is 53.0 Å². The highest BCUT2D eigenvalue weighted by atomic mass is 16.7. The van der Waals surface area contributed by atoms with Gasteiger partial charge in [-0.3, -0.25) is 19.5 Å². The molecule has 1 saturated heterocycles. The maximum Gasteiger partial charge on any atom is 0.317 e. The van der Waals surface area contributed by atoms with E-state index < -0.39 is 92.2 Å². The third-order valence-electron chi connectivity index (χ3n) is 11.7. The van der Waals surface area contributed by atoms with Crippen molar-refractivity contribution in [2.45, 2.75) is 86.4 Å². The summed E-state index contributed by atoms with van der Waals surface area (Å²) in [7, 11) is 0. The van der Waals surface area contributed by atoms with Crippen LogP contribution >= 0.6 is 0 Å². The lowest BCUT2D eigenvalue weighted by molar-refractivity contribution is -0.851. The van der Waals surface area contributed by atoms with Crippen LogP contribution in [0.15, 0.2) is 83.1 Å². The Morgan fingerprint density at radius 2 is 1.84 bits per heavy atom. The average Bonchev–Trinajstić information content (AvgIpc) is 3.96. The van der Waals surface area contributed by atoms with Crippen LogP contribution in [0.5, 0.6) is 28.7 Å². The number of aliphatic imine (C=N–C) groups is 1. The van der Waals surface area contributed by atoms with E-state index in [1.165, 1.54) is 0 Å². The summed E-state index contributed by atoms with van der Waals surface area (Å²) in [6.07, 6.45) is -8.36. The number of carboxylic acids is 1. The summed E-state index contributed by atoms with van der Waals surface area (Å²) < 4.78 is 43.5. The molecule has 1 fully saturated rings. The molecule has 9 rings (SSSR count). The van der Waals surface area contributed by atoms with Crippen LogP contribution in [0, 0.1) is 11.8 Å². The zero-order valence-electron chi connectivity index (χ0n) is 33.0. The molecular weight excluding hydrogens is 808 g/mol. The molecule has 0 amide bonds. The van der Waals surface area contributed by atoms with Crippen molar-refractivity contribution in [3.63, 3.8) is 0 Å². The summed E-state index contributed by atoms with van der Waals surface area (Å²) in [5, 5.41) is 52.2. The Labute approximate surface area is 354 Å². The van der Waals surface area contributed by atoms with E-state index in [-0.39, 0.29) is 12.4 Å². The lowest BCUT2D eigenvalue weighted by Gasteiger charge is -2.43. The monoisotopic (exact) mass is 853 g/mol. The Morgan fingerprint density at radius 1 is 1.02 bits per heavy atom. The van der Waals surface area contributed by atoms with E-state index in [9.17, 15) is 30.0 Å². The smallest absolute Gasteiger partial charge is 0.317 e. The zero-order chi connectivity index (χ0) is 43.2. The minimum Gasteiger partial charge on any atom is -0.487 e. The molecule has 6 aliphatic heterocycles. The summed E-state index contributed by atoms with van der Waals surface area (Å²) in [6, 6.07) is 16.8. The zero-order valence-corrected chi connectivity index (χ0v) is 33.0. The molecule has 3 aromatic carbocycles. The number of fused-ring (bicyclic) bond motifs is 3. The van der Waals surface area contributed by atoms with E-state index >= 15 is 0 Å². The second-order valence-corrected chi connectivity index (χ2v) is 15.7. The van der Waals surface area contributed by atoms with Crippen LogP contribution in [-0.2, 0) is 25.6 Å². The van der Waals surface area contributed by atoms with E-state index in [1.54, 1.807) is 24.4 Å². The average molecular weight is 854 g/mol. The molecule has 18 heteroatoms. The molecule has 6 heterocycles. The van der Waals surface area contributed by atoms with Crippen molar-refractivity contribution >= 4 is 18.2 Å². The Bertz CT molecular complexity index is 2390. The number of allylic oxidation sites excluding steroid dienone is 1. The van der Waals surface area contributed by atoms with Crippen molar-refractivity contribution in [1.82, 2.24) is 0 Å². The largest absolute Gasteiger partial charge is 0.487 e. The standard InChI is InChI=1S/C44H44N4O14/c45-43(46)42(60-31(52)16-30(50)51)41-35(54)34(53)36(55)44(62-41)58-24-14-23(18-48-17-22-11-12-47-27(22)19-48)32-29(15-24)59-37-25(21-6-2-1-3-7-21)8-4-5-13-56-39-28(57-20-49)10-9-26-33(37)40(32)61-38(26)39/h1-3,6-7,9-12,14-15,19,25,33-37,40-44,49,53-55H,5,13,16-18,20,45-46H2,(H,50,51)/p+1. The predicted molar refractivity (Wildman–Crippen MR) is 214 cm³/mol. The molecule has 0 aromatic heterocycles. The van der Waals surface area contributed by atoms with E-state index in [4.69, 9.17) is 49.7 Å². The summed E-state index contributed by atoms with van der Waals surface area (Å²) in [4.78, 5) is 29.1. The van der Waals surface area contributed by atoms with Crippen molar-refractivity contribution in [2.24, 2.45) is 16.5 Å². The van der Waals surface area contributed by atoms with Gasteiger partial charge in [-0.05, 0) is 23.8 Å². The highest BCUT2D eigenvalue weighted by Gasteiger charge is 2.53. The van der Waals surface area contributed by atoms with Crippen molar-refractivity contribution in [2.75, 3.05) is 19.9 Å². The first-order chi connectivity index (χ1) is 30.0. The number of rotatable bonds is 12. The Kier molecular flexibility index (Phi) is 11.4. The number of benzene rings is 3. The van der Waals surface area contributed by atoms with Gasteiger partial charge in [-0.15, -0.1) is 0 Å². The predicted octanol–water partition coefficient (Wildman–Crippen LogP) is -0.370. The second-order valence-electron chi connectivity index (χ2n) is 15.7. The van der Waals surface area contributed by atoms with Crippen LogP contribution in [0.2, 0.25) is 0 Å². The lowest BCUT2D eigenvalue weighted by atomic mass is 9.76. The number of nitrogens with zero attached hydrogens (tertiary/aromatic N) is 1. The molecule has 10 N–H and O–H groups in total. The third kappa shape index (κ3) is 7.74. The first-order valence-electron chi connectivity index (χ1n) is 20.1. The molecule has 0 spiro atoms. The third-order valence-corrected chi connectivity index (χ3v) is 11.7.